The Morgan fingerprint density at radius 1 is 1.24 bits per heavy atom. The molecule has 0 fully saturated rings. The second-order valence-electron chi connectivity index (χ2n) is 6.16. The van der Waals surface area contributed by atoms with Crippen molar-refractivity contribution in [3.63, 3.8) is 0 Å². The van der Waals surface area contributed by atoms with Crippen LogP contribution in [0.2, 0.25) is 5.02 Å². The summed E-state index contributed by atoms with van der Waals surface area (Å²) in [5, 5.41) is 3.71. The molecule has 152 valence electrons. The summed E-state index contributed by atoms with van der Waals surface area (Å²) < 4.78 is 7.49. The zero-order valence-corrected chi connectivity index (χ0v) is 17.7. The van der Waals surface area contributed by atoms with Crippen molar-refractivity contribution in [2.75, 3.05) is 18.2 Å². The van der Waals surface area contributed by atoms with Crippen LogP contribution in [-0.4, -0.2) is 37.9 Å². The van der Waals surface area contributed by atoms with Gasteiger partial charge in [0.1, 0.15) is 22.0 Å². The van der Waals surface area contributed by atoms with Gasteiger partial charge in [0.15, 0.2) is 5.65 Å². The predicted molar refractivity (Wildman–Crippen MR) is 112 cm³/mol. The fraction of sp³-hybridized carbons (Fsp3) is 0.278. The number of ether oxygens (including phenoxy) is 1. The second-order valence-corrected chi connectivity index (χ2v) is 7.56. The first-order valence-corrected chi connectivity index (χ1v) is 9.79. The third kappa shape index (κ3) is 4.13. The lowest BCUT2D eigenvalue weighted by atomic mass is 10.3. The van der Waals surface area contributed by atoms with Gasteiger partial charge < -0.3 is 10.1 Å². The van der Waals surface area contributed by atoms with Gasteiger partial charge in [-0.15, -0.1) is 0 Å². The lowest BCUT2D eigenvalue weighted by Gasteiger charge is -2.12. The first kappa shape index (κ1) is 20.9. The molecule has 0 saturated carbocycles. The molecule has 3 rings (SSSR count). The quantitative estimate of drug-likeness (QED) is 0.480. The molecule has 0 spiro atoms. The van der Waals surface area contributed by atoms with E-state index in [0.717, 1.165) is 16.3 Å². The highest BCUT2D eigenvalue weighted by atomic mass is 35.5. The Morgan fingerprint density at radius 3 is 2.66 bits per heavy atom. The van der Waals surface area contributed by atoms with Crippen LogP contribution < -0.4 is 21.3 Å². The lowest BCUT2D eigenvalue weighted by Crippen LogP contribution is -2.37. The Morgan fingerprint density at radius 2 is 1.97 bits per heavy atom. The average molecular weight is 436 g/mol. The molecule has 0 atom stereocenters. The van der Waals surface area contributed by atoms with Gasteiger partial charge >= 0.3 is 5.69 Å². The van der Waals surface area contributed by atoms with Gasteiger partial charge in [-0.05, 0) is 25.1 Å². The van der Waals surface area contributed by atoms with Gasteiger partial charge in [-0.1, -0.05) is 23.4 Å². The maximum Gasteiger partial charge on any atom is 0.332 e. The Balaban J connectivity index is 1.92. The maximum atomic E-state index is 12.6. The van der Waals surface area contributed by atoms with E-state index >= 15 is 0 Å². The summed E-state index contributed by atoms with van der Waals surface area (Å²) in [6, 6.07) is 4.88. The summed E-state index contributed by atoms with van der Waals surface area (Å²) in [7, 11) is 4.41. The van der Waals surface area contributed by atoms with E-state index in [2.05, 4.69) is 15.3 Å². The number of thioether (sulfide) groups is 1. The standard InChI is InChI=1S/C18H18ClN5O4S/c1-9-20-15-14(17(26)24(3)18(27)23(15)2)16(21-9)29-8-13(25)22-11-7-10(19)5-6-12(11)28-4/h5-7H,8H2,1-4H3,(H,22,25). The topological polar surface area (TPSA) is 108 Å². The third-order valence-corrected chi connectivity index (χ3v) is 5.36. The van der Waals surface area contributed by atoms with Crippen LogP contribution in [0.1, 0.15) is 5.82 Å². The molecule has 3 aromatic rings. The van der Waals surface area contributed by atoms with E-state index in [-0.39, 0.29) is 22.7 Å². The van der Waals surface area contributed by atoms with Crippen molar-refractivity contribution in [1.29, 1.82) is 0 Å². The number of anilines is 1. The number of benzene rings is 1. The number of nitrogens with one attached hydrogen (secondary N) is 1. The normalized spacial score (nSPS) is 10.9. The Kier molecular flexibility index (Phi) is 5.94. The molecule has 1 amide bonds. The number of methoxy groups -OCH3 is 1. The number of carbonyl (C=O) groups excluding carboxylic acids is 1. The van der Waals surface area contributed by atoms with Crippen LogP contribution in [0.3, 0.4) is 0 Å². The number of fused-ring (bicyclic) bond motifs is 1. The van der Waals surface area contributed by atoms with Gasteiger partial charge in [-0.3, -0.25) is 18.7 Å². The fourth-order valence-electron chi connectivity index (χ4n) is 2.74. The highest BCUT2D eigenvalue weighted by Gasteiger charge is 2.18. The Bertz CT molecular complexity index is 1240. The molecule has 29 heavy (non-hydrogen) atoms. The highest BCUT2D eigenvalue weighted by molar-refractivity contribution is 8.00. The smallest absolute Gasteiger partial charge is 0.332 e. The van der Waals surface area contributed by atoms with E-state index in [0.29, 0.717) is 27.3 Å². The summed E-state index contributed by atoms with van der Waals surface area (Å²) in [4.78, 5) is 45.7. The monoisotopic (exact) mass is 435 g/mol. The van der Waals surface area contributed by atoms with E-state index in [1.54, 1.807) is 25.1 Å². The van der Waals surface area contributed by atoms with E-state index in [1.165, 1.54) is 25.8 Å². The lowest BCUT2D eigenvalue weighted by molar-refractivity contribution is -0.113. The van der Waals surface area contributed by atoms with Gasteiger partial charge in [-0.25, -0.2) is 14.8 Å². The molecule has 0 aliphatic rings. The fourth-order valence-corrected chi connectivity index (χ4v) is 3.77. The van der Waals surface area contributed by atoms with Crippen LogP contribution in [0, 0.1) is 6.92 Å². The summed E-state index contributed by atoms with van der Waals surface area (Å²) >= 11 is 7.06. The van der Waals surface area contributed by atoms with Crippen molar-refractivity contribution < 1.29 is 9.53 Å². The van der Waals surface area contributed by atoms with Gasteiger partial charge in [-0.2, -0.15) is 0 Å². The van der Waals surface area contributed by atoms with Crippen LogP contribution in [0.4, 0.5) is 5.69 Å². The van der Waals surface area contributed by atoms with Crippen LogP contribution in [-0.2, 0) is 18.9 Å². The SMILES string of the molecule is COc1ccc(Cl)cc1NC(=O)CSc1nc(C)nc2c1c(=O)n(C)c(=O)n2C. The Labute approximate surface area is 174 Å². The molecule has 1 N–H and O–H groups in total. The maximum absolute atomic E-state index is 12.6. The molecule has 0 aliphatic carbocycles. The molecule has 2 heterocycles. The molecule has 0 unspecified atom stereocenters. The molecule has 0 aliphatic heterocycles. The zero-order chi connectivity index (χ0) is 21.3. The van der Waals surface area contributed by atoms with E-state index in [9.17, 15) is 14.4 Å². The number of carbonyl (C=O) groups is 1. The number of aryl methyl sites for hydroxylation is 2. The van der Waals surface area contributed by atoms with Gasteiger partial charge in [0.25, 0.3) is 5.56 Å². The molecular weight excluding hydrogens is 418 g/mol. The van der Waals surface area contributed by atoms with Crippen molar-refractivity contribution in [3.05, 3.63) is 49.9 Å². The van der Waals surface area contributed by atoms with Crippen LogP contribution in [0.5, 0.6) is 5.75 Å². The number of rotatable bonds is 5. The summed E-state index contributed by atoms with van der Waals surface area (Å²) in [6.07, 6.45) is 0. The van der Waals surface area contributed by atoms with E-state index in [1.807, 2.05) is 0 Å². The summed E-state index contributed by atoms with van der Waals surface area (Å²) in [5.41, 5.74) is -0.331. The zero-order valence-electron chi connectivity index (χ0n) is 16.1. The van der Waals surface area contributed by atoms with Crippen molar-refractivity contribution in [3.8, 4) is 5.75 Å². The van der Waals surface area contributed by atoms with Crippen molar-refractivity contribution in [2.45, 2.75) is 11.9 Å². The molecule has 1 aromatic carbocycles. The number of amides is 1. The summed E-state index contributed by atoms with van der Waals surface area (Å²) in [6.45, 7) is 1.66. The molecule has 0 radical (unpaired) electrons. The highest BCUT2D eigenvalue weighted by Crippen LogP contribution is 2.28. The number of halogens is 1. The first-order chi connectivity index (χ1) is 13.7. The average Bonchev–Trinajstić information content (AvgIpc) is 2.68. The van der Waals surface area contributed by atoms with Crippen molar-refractivity contribution >= 4 is 46.0 Å². The number of hydrogen-bond donors (Lipinski definition) is 1. The largest absolute Gasteiger partial charge is 0.495 e. The van der Waals surface area contributed by atoms with E-state index < -0.39 is 11.2 Å². The first-order valence-electron chi connectivity index (χ1n) is 8.43. The van der Waals surface area contributed by atoms with Crippen LogP contribution in [0.15, 0.2) is 32.8 Å². The van der Waals surface area contributed by atoms with Crippen molar-refractivity contribution in [1.82, 2.24) is 19.1 Å². The molecule has 9 nitrogen and oxygen atoms in total. The molecule has 2 aromatic heterocycles. The van der Waals surface area contributed by atoms with Gasteiger partial charge in [0.2, 0.25) is 5.91 Å². The number of nitrogens with zero attached hydrogens (tertiary/aromatic N) is 4. The molecule has 11 heteroatoms. The van der Waals surface area contributed by atoms with Gasteiger partial charge in [0.05, 0.1) is 18.6 Å². The van der Waals surface area contributed by atoms with Crippen molar-refractivity contribution in [2.24, 2.45) is 14.1 Å². The third-order valence-electron chi connectivity index (χ3n) is 4.15. The van der Waals surface area contributed by atoms with Gasteiger partial charge in [0, 0.05) is 19.1 Å². The second kappa shape index (κ2) is 8.26. The number of aromatic nitrogens is 4. The molecule has 0 saturated heterocycles. The van der Waals surface area contributed by atoms with Crippen LogP contribution >= 0.6 is 23.4 Å². The van der Waals surface area contributed by atoms with E-state index in [4.69, 9.17) is 16.3 Å². The van der Waals surface area contributed by atoms with Crippen LogP contribution in [0.25, 0.3) is 11.0 Å². The predicted octanol–water partition coefficient (Wildman–Crippen LogP) is 1.73. The molecular formula is C18H18ClN5O4S. The minimum Gasteiger partial charge on any atom is -0.495 e. The minimum atomic E-state index is -0.512. The minimum absolute atomic E-state index is 0.0206. The molecule has 0 bridgehead atoms. The Hall–Kier alpha value is -2.85. The summed E-state index contributed by atoms with van der Waals surface area (Å²) in [5.74, 6) is 0.509. The number of hydrogen-bond acceptors (Lipinski definition) is 7.